The summed E-state index contributed by atoms with van der Waals surface area (Å²) in [7, 11) is 0. The van der Waals surface area contributed by atoms with Gasteiger partial charge in [-0.2, -0.15) is 13.2 Å². The highest BCUT2D eigenvalue weighted by atomic mass is 35.5. The van der Waals surface area contributed by atoms with E-state index in [-0.39, 0.29) is 17.7 Å². The summed E-state index contributed by atoms with van der Waals surface area (Å²) in [6.07, 6.45) is -0.812. The number of aromatic nitrogens is 3. The highest BCUT2D eigenvalue weighted by Gasteiger charge is 2.41. The molecule has 0 aliphatic carbocycles. The molecule has 0 spiro atoms. The number of carboxylic acids is 1. The van der Waals surface area contributed by atoms with Gasteiger partial charge in [0, 0.05) is 28.5 Å². The van der Waals surface area contributed by atoms with E-state index in [9.17, 15) is 23.1 Å². The van der Waals surface area contributed by atoms with Crippen LogP contribution in [0.5, 0.6) is 0 Å². The van der Waals surface area contributed by atoms with Crippen LogP contribution in [-0.4, -0.2) is 25.6 Å². The van der Waals surface area contributed by atoms with Crippen LogP contribution in [-0.2, 0) is 12.7 Å². The third-order valence-electron chi connectivity index (χ3n) is 4.07. The van der Waals surface area contributed by atoms with Crippen molar-refractivity contribution in [3.8, 4) is 11.1 Å². The summed E-state index contributed by atoms with van der Waals surface area (Å²) in [5.41, 5.74) is -0.951. The number of carbonyl (C=O) groups is 1. The van der Waals surface area contributed by atoms with E-state index >= 15 is 0 Å². The van der Waals surface area contributed by atoms with Crippen molar-refractivity contribution in [2.45, 2.75) is 19.6 Å². The number of alkyl halides is 3. The van der Waals surface area contributed by atoms with Gasteiger partial charge in [-0.1, -0.05) is 23.7 Å². The van der Waals surface area contributed by atoms with E-state index in [2.05, 4.69) is 9.97 Å². The van der Waals surface area contributed by atoms with Gasteiger partial charge in [-0.15, -0.1) is 0 Å². The number of aromatic carboxylic acids is 1. The van der Waals surface area contributed by atoms with E-state index < -0.39 is 23.5 Å². The fourth-order valence-corrected chi connectivity index (χ4v) is 3.18. The monoisotopic (exact) mass is 395 g/mol. The molecule has 0 amide bonds. The number of nitrogens with zero attached hydrogens (tertiary/aromatic N) is 3. The standard InChI is InChI=1S/C18H13ClF3N3O2/c1-10-14(12-2-4-13(19)5-3-12)15(17(26)27)25(16(10)18(20,21)22)8-11-6-23-9-24-7-11/h2-7,9H,8H2,1H3,(H,26,27). The molecular weight excluding hydrogens is 383 g/mol. The minimum Gasteiger partial charge on any atom is -0.477 e. The maximum Gasteiger partial charge on any atom is 0.431 e. The third kappa shape index (κ3) is 3.66. The zero-order chi connectivity index (χ0) is 19.8. The number of benzene rings is 1. The molecule has 0 saturated carbocycles. The van der Waals surface area contributed by atoms with Crippen LogP contribution in [0.3, 0.4) is 0 Å². The maximum atomic E-state index is 13.8. The Bertz CT molecular complexity index is 984. The summed E-state index contributed by atoms with van der Waals surface area (Å²) in [5, 5.41) is 10.1. The molecule has 0 bridgehead atoms. The van der Waals surface area contributed by atoms with E-state index in [1.807, 2.05) is 0 Å². The molecule has 0 unspecified atom stereocenters. The van der Waals surface area contributed by atoms with Crippen LogP contribution in [0.4, 0.5) is 13.2 Å². The largest absolute Gasteiger partial charge is 0.477 e. The van der Waals surface area contributed by atoms with Gasteiger partial charge in [-0.05, 0) is 30.2 Å². The average Bonchev–Trinajstić information content (AvgIpc) is 2.89. The van der Waals surface area contributed by atoms with Crippen molar-refractivity contribution in [1.82, 2.24) is 14.5 Å². The summed E-state index contributed by atoms with van der Waals surface area (Å²) >= 11 is 5.84. The first-order valence-electron chi connectivity index (χ1n) is 7.73. The van der Waals surface area contributed by atoms with Crippen LogP contribution in [0.2, 0.25) is 5.02 Å². The first-order chi connectivity index (χ1) is 12.7. The third-order valence-corrected chi connectivity index (χ3v) is 4.32. The van der Waals surface area contributed by atoms with Crippen molar-refractivity contribution in [2.75, 3.05) is 0 Å². The first-order valence-corrected chi connectivity index (χ1v) is 8.11. The molecule has 1 N–H and O–H groups in total. The lowest BCUT2D eigenvalue weighted by molar-refractivity contribution is -0.143. The molecular formula is C18H13ClF3N3O2. The molecule has 140 valence electrons. The summed E-state index contributed by atoms with van der Waals surface area (Å²) in [6.45, 7) is 0.933. The van der Waals surface area contributed by atoms with Crippen molar-refractivity contribution in [2.24, 2.45) is 0 Å². The number of hydrogen-bond acceptors (Lipinski definition) is 3. The molecule has 0 radical (unpaired) electrons. The van der Waals surface area contributed by atoms with Gasteiger partial charge >= 0.3 is 12.1 Å². The summed E-state index contributed by atoms with van der Waals surface area (Å²) < 4.78 is 42.1. The van der Waals surface area contributed by atoms with Crippen molar-refractivity contribution < 1.29 is 23.1 Å². The molecule has 9 heteroatoms. The molecule has 5 nitrogen and oxygen atoms in total. The van der Waals surface area contributed by atoms with Gasteiger partial charge in [0.15, 0.2) is 0 Å². The van der Waals surface area contributed by atoms with Crippen molar-refractivity contribution >= 4 is 17.6 Å². The minimum absolute atomic E-state index is 0.00309. The van der Waals surface area contributed by atoms with Crippen LogP contribution in [0.15, 0.2) is 43.0 Å². The lowest BCUT2D eigenvalue weighted by atomic mass is 10.0. The van der Waals surface area contributed by atoms with Crippen LogP contribution in [0, 0.1) is 6.92 Å². The fourth-order valence-electron chi connectivity index (χ4n) is 3.06. The Labute approximate surface area is 157 Å². The number of halogens is 4. The first kappa shape index (κ1) is 18.9. The zero-order valence-corrected chi connectivity index (χ0v) is 14.7. The van der Waals surface area contributed by atoms with Crippen LogP contribution >= 0.6 is 11.6 Å². The Hall–Kier alpha value is -2.87. The normalized spacial score (nSPS) is 11.6. The van der Waals surface area contributed by atoms with Crippen molar-refractivity contribution in [3.63, 3.8) is 0 Å². The second kappa shape index (κ2) is 7.03. The molecule has 2 aromatic heterocycles. The Morgan fingerprint density at radius 1 is 1.19 bits per heavy atom. The lowest BCUT2D eigenvalue weighted by Crippen LogP contribution is -2.19. The highest BCUT2D eigenvalue weighted by Crippen LogP contribution is 2.41. The van der Waals surface area contributed by atoms with E-state index in [4.69, 9.17) is 11.6 Å². The van der Waals surface area contributed by atoms with Gasteiger partial charge in [0.1, 0.15) is 17.7 Å². The van der Waals surface area contributed by atoms with E-state index in [0.29, 0.717) is 16.1 Å². The number of carboxylic acid groups (broad SMARTS) is 1. The Morgan fingerprint density at radius 2 is 1.78 bits per heavy atom. The van der Waals surface area contributed by atoms with Crippen LogP contribution in [0.25, 0.3) is 11.1 Å². The van der Waals surface area contributed by atoms with Gasteiger partial charge < -0.3 is 9.67 Å². The summed E-state index contributed by atoms with van der Waals surface area (Å²) in [6, 6.07) is 5.98. The number of hydrogen-bond donors (Lipinski definition) is 1. The molecule has 3 rings (SSSR count). The Kier molecular flexibility index (Phi) is 4.93. The van der Waals surface area contributed by atoms with Crippen molar-refractivity contribution in [3.05, 3.63) is 70.5 Å². The smallest absolute Gasteiger partial charge is 0.431 e. The number of rotatable bonds is 4. The van der Waals surface area contributed by atoms with E-state index in [0.717, 1.165) is 4.57 Å². The van der Waals surface area contributed by atoms with Gasteiger partial charge in [0.25, 0.3) is 0 Å². The van der Waals surface area contributed by atoms with Gasteiger partial charge in [-0.25, -0.2) is 14.8 Å². The highest BCUT2D eigenvalue weighted by molar-refractivity contribution is 6.30. The van der Waals surface area contributed by atoms with Gasteiger partial charge in [0.2, 0.25) is 0 Å². The Morgan fingerprint density at radius 3 is 2.30 bits per heavy atom. The molecule has 0 aliphatic heterocycles. The zero-order valence-electron chi connectivity index (χ0n) is 14.0. The van der Waals surface area contributed by atoms with Gasteiger partial charge in [-0.3, -0.25) is 0 Å². The maximum absolute atomic E-state index is 13.8. The molecule has 2 heterocycles. The predicted molar refractivity (Wildman–Crippen MR) is 92.7 cm³/mol. The molecule has 27 heavy (non-hydrogen) atoms. The summed E-state index contributed by atoms with van der Waals surface area (Å²) in [4.78, 5) is 19.5. The van der Waals surface area contributed by atoms with Crippen LogP contribution in [0.1, 0.15) is 27.3 Å². The van der Waals surface area contributed by atoms with Gasteiger partial charge in [0.05, 0.1) is 6.54 Å². The molecule has 0 fully saturated rings. The molecule has 0 saturated heterocycles. The fraction of sp³-hybridized carbons (Fsp3) is 0.167. The molecule has 0 aliphatic rings. The van der Waals surface area contributed by atoms with E-state index in [1.54, 1.807) is 0 Å². The predicted octanol–water partition coefficient (Wildman–Crippen LogP) is 4.67. The summed E-state index contributed by atoms with van der Waals surface area (Å²) in [5.74, 6) is -1.46. The second-order valence-corrected chi connectivity index (χ2v) is 6.28. The average molecular weight is 396 g/mol. The van der Waals surface area contributed by atoms with Crippen LogP contribution < -0.4 is 0 Å². The molecule has 0 atom stereocenters. The minimum atomic E-state index is -4.74. The topological polar surface area (TPSA) is 68.0 Å². The Balaban J connectivity index is 2.31. The molecule has 3 aromatic rings. The quantitative estimate of drug-likeness (QED) is 0.697. The van der Waals surface area contributed by atoms with E-state index in [1.165, 1.54) is 49.9 Å². The lowest BCUT2D eigenvalue weighted by Gasteiger charge is -2.14. The second-order valence-electron chi connectivity index (χ2n) is 5.84. The SMILES string of the molecule is Cc1c(-c2ccc(Cl)cc2)c(C(=O)O)n(Cc2cncnc2)c1C(F)(F)F. The van der Waals surface area contributed by atoms with Crippen molar-refractivity contribution in [1.29, 1.82) is 0 Å². The molecule has 1 aromatic carbocycles.